The molecule has 5 nitrogen and oxygen atoms in total. The predicted octanol–water partition coefficient (Wildman–Crippen LogP) is -0.924. The molecule has 2 atom stereocenters. The second-order valence-corrected chi connectivity index (χ2v) is 7.13. The maximum absolute atomic E-state index is 11.4. The molecule has 0 aromatic heterocycles. The van der Waals surface area contributed by atoms with Crippen LogP contribution >= 0.6 is 0 Å². The second-order valence-electron chi connectivity index (χ2n) is 4.90. The summed E-state index contributed by atoms with van der Waals surface area (Å²) in [5.74, 6) is 0.445. The van der Waals surface area contributed by atoms with Gasteiger partial charge in [-0.05, 0) is 20.9 Å². The SMILES string of the molecule is CNC(C)(CO)CN1CCS(=O)(=O)CC1C. The minimum Gasteiger partial charge on any atom is -0.394 e. The smallest absolute Gasteiger partial charge is 0.153 e. The van der Waals surface area contributed by atoms with E-state index < -0.39 is 9.84 Å². The van der Waals surface area contributed by atoms with E-state index >= 15 is 0 Å². The number of hydrogen-bond donors (Lipinski definition) is 2. The van der Waals surface area contributed by atoms with Crippen LogP contribution in [0.2, 0.25) is 0 Å². The molecule has 1 aliphatic heterocycles. The van der Waals surface area contributed by atoms with Gasteiger partial charge in [-0.2, -0.15) is 0 Å². The molecule has 0 aromatic carbocycles. The van der Waals surface area contributed by atoms with Crippen LogP contribution in [0.25, 0.3) is 0 Å². The first kappa shape index (κ1) is 13.9. The maximum atomic E-state index is 11.4. The summed E-state index contributed by atoms with van der Waals surface area (Å²) in [6.45, 7) is 5.11. The van der Waals surface area contributed by atoms with Crippen molar-refractivity contribution in [2.45, 2.75) is 25.4 Å². The third-order valence-corrected chi connectivity index (χ3v) is 5.11. The number of nitrogens with one attached hydrogen (secondary N) is 1. The fourth-order valence-electron chi connectivity index (χ4n) is 1.92. The van der Waals surface area contributed by atoms with Gasteiger partial charge in [0.25, 0.3) is 0 Å². The lowest BCUT2D eigenvalue weighted by molar-refractivity contribution is 0.110. The van der Waals surface area contributed by atoms with Crippen LogP contribution in [0.5, 0.6) is 0 Å². The Hall–Kier alpha value is -0.170. The van der Waals surface area contributed by atoms with Crippen LogP contribution in [0.3, 0.4) is 0 Å². The number of rotatable bonds is 4. The maximum Gasteiger partial charge on any atom is 0.153 e. The van der Waals surface area contributed by atoms with Crippen molar-refractivity contribution < 1.29 is 13.5 Å². The van der Waals surface area contributed by atoms with Gasteiger partial charge in [0.1, 0.15) is 0 Å². The van der Waals surface area contributed by atoms with Crippen LogP contribution < -0.4 is 5.32 Å². The van der Waals surface area contributed by atoms with Crippen molar-refractivity contribution in [1.82, 2.24) is 10.2 Å². The van der Waals surface area contributed by atoms with Crippen molar-refractivity contribution in [2.75, 3.05) is 38.2 Å². The van der Waals surface area contributed by atoms with Crippen molar-refractivity contribution >= 4 is 9.84 Å². The third kappa shape index (κ3) is 3.41. The molecule has 0 saturated carbocycles. The van der Waals surface area contributed by atoms with Crippen molar-refractivity contribution in [1.29, 1.82) is 0 Å². The lowest BCUT2D eigenvalue weighted by Gasteiger charge is -2.39. The summed E-state index contributed by atoms with van der Waals surface area (Å²) < 4.78 is 22.8. The van der Waals surface area contributed by atoms with E-state index in [1.807, 2.05) is 20.9 Å². The molecule has 1 heterocycles. The summed E-state index contributed by atoms with van der Waals surface area (Å²) in [6.07, 6.45) is 0. The Balaban J connectivity index is 2.63. The minimum atomic E-state index is -2.86. The van der Waals surface area contributed by atoms with E-state index in [1.54, 1.807) is 0 Å². The van der Waals surface area contributed by atoms with E-state index in [0.717, 1.165) is 0 Å². The van der Waals surface area contributed by atoms with E-state index in [1.165, 1.54) is 0 Å². The number of hydrogen-bond acceptors (Lipinski definition) is 5. The molecule has 0 amide bonds. The average molecular weight is 250 g/mol. The van der Waals surface area contributed by atoms with Gasteiger partial charge in [-0.3, -0.25) is 4.90 Å². The number of likely N-dealkylation sites (N-methyl/N-ethyl adjacent to an activating group) is 1. The zero-order valence-corrected chi connectivity index (χ0v) is 11.0. The highest BCUT2D eigenvalue weighted by Gasteiger charge is 2.32. The molecular weight excluding hydrogens is 228 g/mol. The van der Waals surface area contributed by atoms with E-state index in [0.29, 0.717) is 13.1 Å². The van der Waals surface area contributed by atoms with E-state index in [2.05, 4.69) is 10.2 Å². The molecule has 6 heteroatoms. The molecule has 16 heavy (non-hydrogen) atoms. The number of nitrogens with zero attached hydrogens (tertiary/aromatic N) is 1. The molecule has 0 aromatic rings. The van der Waals surface area contributed by atoms with Gasteiger partial charge < -0.3 is 10.4 Å². The highest BCUT2D eigenvalue weighted by atomic mass is 32.2. The number of aliphatic hydroxyl groups is 1. The molecule has 0 aliphatic carbocycles. The molecule has 1 saturated heterocycles. The van der Waals surface area contributed by atoms with Crippen LogP contribution in [0.15, 0.2) is 0 Å². The number of aliphatic hydroxyl groups excluding tert-OH is 1. The highest BCUT2D eigenvalue weighted by molar-refractivity contribution is 7.91. The molecular formula is C10H22N2O3S. The fraction of sp³-hybridized carbons (Fsp3) is 1.00. The van der Waals surface area contributed by atoms with Crippen LogP contribution in [0, 0.1) is 0 Å². The van der Waals surface area contributed by atoms with E-state index in [9.17, 15) is 13.5 Å². The summed E-state index contributed by atoms with van der Waals surface area (Å²) in [4.78, 5) is 2.12. The average Bonchev–Trinajstić information content (AvgIpc) is 2.21. The summed E-state index contributed by atoms with van der Waals surface area (Å²) in [5, 5.41) is 12.4. The van der Waals surface area contributed by atoms with Crippen LogP contribution in [0.4, 0.5) is 0 Å². The molecule has 2 N–H and O–H groups in total. The van der Waals surface area contributed by atoms with Crippen molar-refractivity contribution in [3.8, 4) is 0 Å². The Morgan fingerprint density at radius 2 is 2.19 bits per heavy atom. The first-order valence-corrected chi connectivity index (χ1v) is 7.38. The summed E-state index contributed by atoms with van der Waals surface area (Å²) in [6, 6.07) is 0.0259. The molecule has 1 fully saturated rings. The monoisotopic (exact) mass is 250 g/mol. The van der Waals surface area contributed by atoms with Gasteiger partial charge in [-0.25, -0.2) is 8.42 Å². The third-order valence-electron chi connectivity index (χ3n) is 3.31. The van der Waals surface area contributed by atoms with Crippen LogP contribution in [0.1, 0.15) is 13.8 Å². The largest absolute Gasteiger partial charge is 0.394 e. The van der Waals surface area contributed by atoms with Gasteiger partial charge >= 0.3 is 0 Å². The van der Waals surface area contributed by atoms with Crippen LogP contribution in [-0.4, -0.2) is 68.3 Å². The van der Waals surface area contributed by atoms with Gasteiger partial charge in [0.05, 0.1) is 23.7 Å². The Labute approximate surface area is 97.7 Å². The summed E-state index contributed by atoms with van der Waals surface area (Å²) in [7, 11) is -1.05. The summed E-state index contributed by atoms with van der Waals surface area (Å²) >= 11 is 0. The lowest BCUT2D eigenvalue weighted by atomic mass is 10.0. The Bertz CT molecular complexity index is 325. The predicted molar refractivity (Wildman–Crippen MR) is 64.2 cm³/mol. The van der Waals surface area contributed by atoms with Gasteiger partial charge in [-0.1, -0.05) is 0 Å². The zero-order valence-electron chi connectivity index (χ0n) is 10.2. The first-order chi connectivity index (χ1) is 7.32. The van der Waals surface area contributed by atoms with Gasteiger partial charge in [0.2, 0.25) is 0 Å². The zero-order chi connectivity index (χ0) is 12.4. The van der Waals surface area contributed by atoms with Crippen molar-refractivity contribution in [3.63, 3.8) is 0 Å². The van der Waals surface area contributed by atoms with E-state index in [-0.39, 0.29) is 29.7 Å². The Morgan fingerprint density at radius 1 is 1.56 bits per heavy atom. The summed E-state index contributed by atoms with van der Waals surface area (Å²) in [5.41, 5.74) is -0.366. The first-order valence-electron chi connectivity index (χ1n) is 5.56. The molecule has 0 bridgehead atoms. The molecule has 0 spiro atoms. The van der Waals surface area contributed by atoms with Crippen molar-refractivity contribution in [2.24, 2.45) is 0 Å². The van der Waals surface area contributed by atoms with Gasteiger partial charge in [0, 0.05) is 19.1 Å². The highest BCUT2D eigenvalue weighted by Crippen LogP contribution is 2.15. The molecule has 1 aliphatic rings. The molecule has 1 rings (SSSR count). The van der Waals surface area contributed by atoms with Crippen molar-refractivity contribution in [3.05, 3.63) is 0 Å². The van der Waals surface area contributed by atoms with Gasteiger partial charge in [0.15, 0.2) is 9.84 Å². The van der Waals surface area contributed by atoms with E-state index in [4.69, 9.17) is 0 Å². The molecule has 96 valence electrons. The standard InChI is InChI=1S/C10H22N2O3S/c1-9-6-16(14,15)5-4-12(9)7-10(2,8-13)11-3/h9,11,13H,4-8H2,1-3H3. The normalized spacial score (nSPS) is 29.9. The quantitative estimate of drug-likeness (QED) is 0.675. The molecule has 2 unspecified atom stereocenters. The minimum absolute atomic E-state index is 0.0259. The Morgan fingerprint density at radius 3 is 2.62 bits per heavy atom. The molecule has 0 radical (unpaired) electrons. The Kier molecular flexibility index (Phi) is 4.34. The van der Waals surface area contributed by atoms with Gasteiger partial charge in [-0.15, -0.1) is 0 Å². The number of sulfone groups is 1. The lowest BCUT2D eigenvalue weighted by Crippen LogP contribution is -2.57. The topological polar surface area (TPSA) is 69.6 Å². The fourth-order valence-corrected chi connectivity index (χ4v) is 3.55. The van der Waals surface area contributed by atoms with Crippen LogP contribution in [-0.2, 0) is 9.84 Å². The second kappa shape index (κ2) is 5.00.